The van der Waals surface area contributed by atoms with Gasteiger partial charge in [0.05, 0.1) is 0 Å². The molecule has 0 radical (unpaired) electrons. The Labute approximate surface area is 81.9 Å². The van der Waals surface area contributed by atoms with Crippen molar-refractivity contribution < 1.29 is 9.63 Å². The molecule has 1 amide bonds. The van der Waals surface area contributed by atoms with E-state index in [-0.39, 0.29) is 12.5 Å². The molecule has 0 saturated carbocycles. The molecule has 0 aliphatic rings. The van der Waals surface area contributed by atoms with Gasteiger partial charge in [-0.2, -0.15) is 0 Å². The highest BCUT2D eigenvalue weighted by molar-refractivity contribution is 5.92. The highest BCUT2D eigenvalue weighted by atomic mass is 16.6. The lowest BCUT2D eigenvalue weighted by Crippen LogP contribution is -2.02. The van der Waals surface area contributed by atoms with Crippen molar-refractivity contribution in [1.82, 2.24) is 0 Å². The predicted molar refractivity (Wildman–Crippen MR) is 54.5 cm³/mol. The molecule has 0 spiro atoms. The van der Waals surface area contributed by atoms with Crippen LogP contribution in [-0.4, -0.2) is 25.4 Å². The summed E-state index contributed by atoms with van der Waals surface area (Å²) in [6, 6.07) is 9.33. The molecule has 0 N–H and O–H groups in total. The van der Waals surface area contributed by atoms with Crippen LogP contribution < -0.4 is 0 Å². The quantitative estimate of drug-likeness (QED) is 0.530. The van der Waals surface area contributed by atoms with Gasteiger partial charge in [0.15, 0.2) is 6.61 Å². The Morgan fingerprint density at radius 1 is 1.43 bits per heavy atom. The van der Waals surface area contributed by atoms with Crippen LogP contribution >= 0.6 is 0 Å². The lowest BCUT2D eigenvalue weighted by atomic mass is 10.2. The monoisotopic (exact) mass is 190 g/mol. The number of hydrogen-bond donors (Lipinski definition) is 0. The van der Waals surface area contributed by atoms with Crippen molar-refractivity contribution in [2.75, 3.05) is 6.61 Å². The number of oxime groups is 1. The fraction of sp³-hybridized carbons (Fsp3) is 0.100. The van der Waals surface area contributed by atoms with Crippen molar-refractivity contribution >= 4 is 18.8 Å². The van der Waals surface area contributed by atoms with E-state index < -0.39 is 0 Å². The Bertz CT molecular complexity index is 333. The van der Waals surface area contributed by atoms with E-state index in [9.17, 15) is 4.79 Å². The lowest BCUT2D eigenvalue weighted by molar-refractivity contribution is -0.122. The van der Waals surface area contributed by atoms with Crippen LogP contribution in [0.4, 0.5) is 0 Å². The average Bonchev–Trinajstić information content (AvgIpc) is 2.25. The molecule has 72 valence electrons. The van der Waals surface area contributed by atoms with Crippen LogP contribution in [0.5, 0.6) is 0 Å². The summed E-state index contributed by atoms with van der Waals surface area (Å²) in [5, 5.41) is 3.09. The van der Waals surface area contributed by atoms with Gasteiger partial charge in [0.25, 0.3) is 5.91 Å². The number of benzene rings is 1. The van der Waals surface area contributed by atoms with Crippen molar-refractivity contribution in [1.29, 1.82) is 0 Å². The maximum atomic E-state index is 11.0. The maximum absolute atomic E-state index is 11.0. The Morgan fingerprint density at radius 2 is 2.14 bits per heavy atom. The molecule has 4 nitrogen and oxygen atoms in total. The van der Waals surface area contributed by atoms with Gasteiger partial charge in [0.1, 0.15) is 0 Å². The summed E-state index contributed by atoms with van der Waals surface area (Å²) in [5.41, 5.74) is 0.868. The molecule has 0 fully saturated rings. The molecule has 14 heavy (non-hydrogen) atoms. The zero-order valence-corrected chi connectivity index (χ0v) is 7.59. The third-order valence-corrected chi connectivity index (χ3v) is 1.44. The highest BCUT2D eigenvalue weighted by Gasteiger charge is 1.96. The van der Waals surface area contributed by atoms with Crippen LogP contribution in [0.15, 0.2) is 40.5 Å². The van der Waals surface area contributed by atoms with Gasteiger partial charge >= 0.3 is 0 Å². The first kappa shape index (κ1) is 10.1. The van der Waals surface area contributed by atoms with Gasteiger partial charge in [-0.1, -0.05) is 30.3 Å². The third kappa shape index (κ3) is 3.62. The summed E-state index contributed by atoms with van der Waals surface area (Å²) in [6.45, 7) is 2.90. The van der Waals surface area contributed by atoms with E-state index in [0.29, 0.717) is 0 Å². The zero-order chi connectivity index (χ0) is 10.2. The molecule has 0 bridgehead atoms. The number of rotatable bonds is 4. The molecular weight excluding hydrogens is 180 g/mol. The highest BCUT2D eigenvalue weighted by Crippen LogP contribution is 1.94. The summed E-state index contributed by atoms with van der Waals surface area (Å²) in [6.07, 6.45) is 1.48. The van der Waals surface area contributed by atoms with Crippen LogP contribution in [-0.2, 0) is 9.63 Å². The molecular formula is C10H10N2O2. The molecule has 0 aliphatic carbocycles. The first-order chi connectivity index (χ1) is 6.83. The first-order valence-corrected chi connectivity index (χ1v) is 4.03. The van der Waals surface area contributed by atoms with Crippen molar-refractivity contribution in [3.05, 3.63) is 35.9 Å². The molecule has 0 heterocycles. The minimum Gasteiger partial charge on any atom is -0.386 e. The summed E-state index contributed by atoms with van der Waals surface area (Å²) >= 11 is 0. The van der Waals surface area contributed by atoms with E-state index in [4.69, 9.17) is 0 Å². The fourth-order valence-electron chi connectivity index (χ4n) is 0.824. The van der Waals surface area contributed by atoms with Gasteiger partial charge in [0.2, 0.25) is 0 Å². The number of carbonyl (C=O) groups excluding carboxylic acids is 1. The van der Waals surface area contributed by atoms with Crippen LogP contribution in [0.3, 0.4) is 0 Å². The molecule has 0 unspecified atom stereocenters. The van der Waals surface area contributed by atoms with Crippen LogP contribution in [0.2, 0.25) is 0 Å². The second-order valence-electron chi connectivity index (χ2n) is 2.47. The van der Waals surface area contributed by atoms with Crippen molar-refractivity contribution in [3.8, 4) is 0 Å². The van der Waals surface area contributed by atoms with Crippen LogP contribution in [0, 0.1) is 0 Å². The van der Waals surface area contributed by atoms with Gasteiger partial charge < -0.3 is 4.84 Å². The molecule has 4 heteroatoms. The lowest BCUT2D eigenvalue weighted by Gasteiger charge is -1.92. The third-order valence-electron chi connectivity index (χ3n) is 1.44. The topological polar surface area (TPSA) is 51.0 Å². The maximum Gasteiger partial charge on any atom is 0.286 e. The van der Waals surface area contributed by atoms with E-state index in [2.05, 4.69) is 21.7 Å². The van der Waals surface area contributed by atoms with Crippen LogP contribution in [0.25, 0.3) is 0 Å². The van der Waals surface area contributed by atoms with Gasteiger partial charge in [-0.25, -0.2) is 4.99 Å². The molecule has 0 saturated heterocycles. The fourth-order valence-corrected chi connectivity index (χ4v) is 0.824. The molecule has 1 rings (SSSR count). The molecule has 0 aromatic heterocycles. The summed E-state index contributed by atoms with van der Waals surface area (Å²) in [4.78, 5) is 19.1. The first-order valence-electron chi connectivity index (χ1n) is 4.03. The SMILES string of the molecule is C=NOCC(=O)N=Cc1ccccc1. The summed E-state index contributed by atoms with van der Waals surface area (Å²) < 4.78 is 0. The number of carbonyl (C=O) groups is 1. The Morgan fingerprint density at radius 3 is 2.79 bits per heavy atom. The van der Waals surface area contributed by atoms with Gasteiger partial charge in [-0.3, -0.25) is 4.79 Å². The summed E-state index contributed by atoms with van der Waals surface area (Å²) in [5.74, 6) is -0.388. The molecule has 0 aliphatic heterocycles. The predicted octanol–water partition coefficient (Wildman–Crippen LogP) is 1.26. The standard InChI is InChI=1S/C10H10N2O2/c1-11-14-8-10(13)12-7-9-5-3-2-4-6-9/h2-7H,1,8H2. The Balaban J connectivity index is 2.48. The minimum atomic E-state index is -0.388. The second-order valence-corrected chi connectivity index (χ2v) is 2.47. The van der Waals surface area contributed by atoms with E-state index in [1.807, 2.05) is 30.3 Å². The van der Waals surface area contributed by atoms with E-state index in [1.54, 1.807) is 0 Å². The minimum absolute atomic E-state index is 0.174. The van der Waals surface area contributed by atoms with Crippen LogP contribution in [0.1, 0.15) is 5.56 Å². The van der Waals surface area contributed by atoms with Crippen molar-refractivity contribution in [2.24, 2.45) is 10.1 Å². The van der Waals surface area contributed by atoms with Gasteiger partial charge in [-0.05, 0) is 5.56 Å². The van der Waals surface area contributed by atoms with E-state index in [1.165, 1.54) is 6.21 Å². The van der Waals surface area contributed by atoms with Crippen molar-refractivity contribution in [3.63, 3.8) is 0 Å². The average molecular weight is 190 g/mol. The Kier molecular flexibility index (Phi) is 4.07. The normalized spacial score (nSPS) is 10.0. The van der Waals surface area contributed by atoms with E-state index >= 15 is 0 Å². The van der Waals surface area contributed by atoms with Gasteiger partial charge in [-0.15, -0.1) is 5.16 Å². The summed E-state index contributed by atoms with van der Waals surface area (Å²) in [7, 11) is 0. The molecule has 0 atom stereocenters. The number of aliphatic imine (C=N–C) groups is 1. The Hall–Kier alpha value is -1.97. The zero-order valence-electron chi connectivity index (χ0n) is 7.59. The largest absolute Gasteiger partial charge is 0.386 e. The smallest absolute Gasteiger partial charge is 0.286 e. The number of hydrogen-bond acceptors (Lipinski definition) is 3. The van der Waals surface area contributed by atoms with E-state index in [0.717, 1.165) is 5.56 Å². The second kappa shape index (κ2) is 5.64. The van der Waals surface area contributed by atoms with Crippen molar-refractivity contribution in [2.45, 2.75) is 0 Å². The van der Waals surface area contributed by atoms with Gasteiger partial charge in [0, 0.05) is 12.9 Å². The number of amides is 1. The molecule has 1 aromatic carbocycles. The number of nitrogens with zero attached hydrogens (tertiary/aromatic N) is 2. The molecule has 1 aromatic rings.